The summed E-state index contributed by atoms with van der Waals surface area (Å²) < 4.78 is 10.8. The number of ether oxygens (including phenoxy) is 2. The van der Waals surface area contributed by atoms with E-state index < -0.39 is 6.10 Å². The molecule has 0 bridgehead atoms. The van der Waals surface area contributed by atoms with E-state index in [1.165, 1.54) is 0 Å². The van der Waals surface area contributed by atoms with E-state index >= 15 is 0 Å². The molecule has 0 aliphatic carbocycles. The third-order valence-electron chi connectivity index (χ3n) is 3.44. The molecule has 2 aromatic rings. The van der Waals surface area contributed by atoms with E-state index in [1.807, 2.05) is 36.4 Å². The minimum absolute atomic E-state index is 0.114. The van der Waals surface area contributed by atoms with Gasteiger partial charge in [0.1, 0.15) is 11.9 Å². The number of nitrogens with zero attached hydrogens (tertiary/aromatic N) is 1. The van der Waals surface area contributed by atoms with Gasteiger partial charge in [-0.05, 0) is 42.7 Å². The normalized spacial score (nSPS) is 11.7. The quantitative estimate of drug-likeness (QED) is 0.812. The lowest BCUT2D eigenvalue weighted by atomic mass is 10.2. The number of pyridine rings is 1. The van der Waals surface area contributed by atoms with Crippen LogP contribution in [0.25, 0.3) is 0 Å². The number of nitrogens with one attached hydrogen (secondary N) is 1. The van der Waals surface area contributed by atoms with Gasteiger partial charge in [0, 0.05) is 18.9 Å². The first-order valence-corrected chi connectivity index (χ1v) is 7.60. The van der Waals surface area contributed by atoms with E-state index in [0.717, 1.165) is 23.3 Å². The Bertz CT molecular complexity index is 617. The zero-order valence-electron chi connectivity index (χ0n) is 13.5. The molecule has 0 saturated carbocycles. The molecule has 0 spiro atoms. The molecule has 23 heavy (non-hydrogen) atoms. The van der Waals surface area contributed by atoms with Crippen LogP contribution >= 0.6 is 0 Å². The smallest absolute Gasteiger partial charge is 0.248 e. The van der Waals surface area contributed by atoms with Crippen LogP contribution in [0.5, 0.6) is 5.75 Å². The van der Waals surface area contributed by atoms with Crippen molar-refractivity contribution in [2.24, 2.45) is 0 Å². The maximum atomic E-state index is 12.0. The van der Waals surface area contributed by atoms with Crippen molar-refractivity contribution in [3.05, 3.63) is 59.9 Å². The maximum Gasteiger partial charge on any atom is 0.248 e. The molecule has 5 heteroatoms. The summed E-state index contributed by atoms with van der Waals surface area (Å²) in [5, 5.41) is 2.87. The molecule has 1 atom stereocenters. The summed E-state index contributed by atoms with van der Waals surface area (Å²) in [4.78, 5) is 16.0. The second-order valence-electron chi connectivity index (χ2n) is 5.21. The number of benzene rings is 1. The number of hydrogen-bond acceptors (Lipinski definition) is 4. The van der Waals surface area contributed by atoms with Crippen LogP contribution in [0.4, 0.5) is 0 Å². The molecule has 0 radical (unpaired) electrons. The molecule has 1 heterocycles. The van der Waals surface area contributed by atoms with Crippen molar-refractivity contribution >= 4 is 5.91 Å². The van der Waals surface area contributed by atoms with Crippen molar-refractivity contribution in [2.75, 3.05) is 13.7 Å². The van der Waals surface area contributed by atoms with Gasteiger partial charge in [-0.2, -0.15) is 0 Å². The van der Waals surface area contributed by atoms with Crippen molar-refractivity contribution in [3.8, 4) is 5.75 Å². The first kappa shape index (κ1) is 17.0. The van der Waals surface area contributed by atoms with E-state index in [-0.39, 0.29) is 5.91 Å². The van der Waals surface area contributed by atoms with Crippen LogP contribution in [0.15, 0.2) is 48.8 Å². The van der Waals surface area contributed by atoms with Gasteiger partial charge in [-0.3, -0.25) is 9.78 Å². The van der Waals surface area contributed by atoms with E-state index in [0.29, 0.717) is 13.2 Å². The lowest BCUT2D eigenvalue weighted by Crippen LogP contribution is -2.35. The van der Waals surface area contributed by atoms with E-state index in [4.69, 9.17) is 9.47 Å². The zero-order valence-corrected chi connectivity index (χ0v) is 13.5. The van der Waals surface area contributed by atoms with Crippen molar-refractivity contribution < 1.29 is 14.3 Å². The average Bonchev–Trinajstić information content (AvgIpc) is 2.60. The predicted octanol–water partition coefficient (Wildman–Crippen LogP) is 2.35. The molecular weight excluding hydrogens is 292 g/mol. The Morgan fingerprint density at radius 3 is 2.83 bits per heavy atom. The topological polar surface area (TPSA) is 60.5 Å². The molecule has 0 aliphatic rings. The molecule has 2 rings (SSSR count). The standard InChI is InChI=1S/C18H22N2O3/c1-14(23-13-16-5-3-7-17(11-16)22-2)18(21)20-10-8-15-6-4-9-19-12-15/h3-7,9,11-12,14H,8,10,13H2,1-2H3,(H,20,21)/t14-/m1/s1. The minimum atomic E-state index is -0.505. The van der Waals surface area contributed by atoms with E-state index in [9.17, 15) is 4.79 Å². The summed E-state index contributed by atoms with van der Waals surface area (Å²) in [7, 11) is 1.62. The van der Waals surface area contributed by atoms with Crippen LogP contribution in [0.3, 0.4) is 0 Å². The largest absolute Gasteiger partial charge is 0.497 e. The Hall–Kier alpha value is -2.40. The van der Waals surface area contributed by atoms with Crippen LogP contribution in [0.2, 0.25) is 0 Å². The van der Waals surface area contributed by atoms with Gasteiger partial charge in [0.15, 0.2) is 0 Å². The number of methoxy groups -OCH3 is 1. The number of carbonyl (C=O) groups excluding carboxylic acids is 1. The highest BCUT2D eigenvalue weighted by molar-refractivity contribution is 5.80. The molecule has 122 valence electrons. The van der Waals surface area contributed by atoms with Gasteiger partial charge in [-0.25, -0.2) is 0 Å². The Balaban J connectivity index is 1.72. The average molecular weight is 314 g/mol. The summed E-state index contributed by atoms with van der Waals surface area (Å²) in [5.74, 6) is 0.663. The molecule has 1 aromatic carbocycles. The van der Waals surface area contributed by atoms with Gasteiger partial charge < -0.3 is 14.8 Å². The van der Waals surface area contributed by atoms with Crippen molar-refractivity contribution in [3.63, 3.8) is 0 Å². The van der Waals surface area contributed by atoms with E-state index in [2.05, 4.69) is 10.3 Å². The number of hydrogen-bond donors (Lipinski definition) is 1. The number of aromatic nitrogens is 1. The first-order chi connectivity index (χ1) is 11.2. The van der Waals surface area contributed by atoms with Crippen molar-refractivity contribution in [1.29, 1.82) is 0 Å². The van der Waals surface area contributed by atoms with Crippen LogP contribution < -0.4 is 10.1 Å². The molecule has 0 fully saturated rings. The predicted molar refractivity (Wildman–Crippen MR) is 88.2 cm³/mol. The van der Waals surface area contributed by atoms with Crippen LogP contribution in [-0.2, 0) is 22.6 Å². The summed E-state index contributed by atoms with van der Waals surface area (Å²) in [6, 6.07) is 11.5. The number of amides is 1. The maximum absolute atomic E-state index is 12.0. The number of carbonyl (C=O) groups is 1. The molecule has 0 aliphatic heterocycles. The van der Waals surface area contributed by atoms with Gasteiger partial charge >= 0.3 is 0 Å². The molecule has 0 unspecified atom stereocenters. The highest BCUT2D eigenvalue weighted by Crippen LogP contribution is 2.13. The summed E-state index contributed by atoms with van der Waals surface area (Å²) in [5.41, 5.74) is 2.07. The Labute approximate surface area is 136 Å². The highest BCUT2D eigenvalue weighted by Gasteiger charge is 2.12. The van der Waals surface area contributed by atoms with Crippen LogP contribution in [0.1, 0.15) is 18.1 Å². The fourth-order valence-electron chi connectivity index (χ4n) is 2.08. The van der Waals surface area contributed by atoms with Crippen molar-refractivity contribution in [2.45, 2.75) is 26.1 Å². The van der Waals surface area contributed by atoms with Crippen LogP contribution in [0, 0.1) is 0 Å². The van der Waals surface area contributed by atoms with Gasteiger partial charge in [-0.1, -0.05) is 18.2 Å². The second kappa shape index (κ2) is 8.90. The molecule has 1 amide bonds. The minimum Gasteiger partial charge on any atom is -0.497 e. The Morgan fingerprint density at radius 1 is 1.26 bits per heavy atom. The lowest BCUT2D eigenvalue weighted by Gasteiger charge is -2.14. The summed E-state index contributed by atoms with van der Waals surface area (Å²) >= 11 is 0. The summed E-state index contributed by atoms with van der Waals surface area (Å²) in [6.45, 7) is 2.69. The lowest BCUT2D eigenvalue weighted by molar-refractivity contribution is -0.132. The highest BCUT2D eigenvalue weighted by atomic mass is 16.5. The molecule has 1 N–H and O–H groups in total. The van der Waals surface area contributed by atoms with Gasteiger partial charge in [0.2, 0.25) is 5.91 Å². The fourth-order valence-corrected chi connectivity index (χ4v) is 2.08. The van der Waals surface area contributed by atoms with Crippen LogP contribution in [-0.4, -0.2) is 30.6 Å². The molecule has 0 saturated heterocycles. The molecule has 5 nitrogen and oxygen atoms in total. The van der Waals surface area contributed by atoms with E-state index in [1.54, 1.807) is 26.4 Å². The van der Waals surface area contributed by atoms with Gasteiger partial charge in [0.05, 0.1) is 13.7 Å². The first-order valence-electron chi connectivity index (χ1n) is 7.60. The molecular formula is C18H22N2O3. The Kier molecular flexibility index (Phi) is 6.56. The summed E-state index contributed by atoms with van der Waals surface area (Å²) in [6.07, 6.45) is 3.78. The van der Waals surface area contributed by atoms with Gasteiger partial charge in [-0.15, -0.1) is 0 Å². The SMILES string of the molecule is COc1cccc(CO[C@H](C)C(=O)NCCc2cccnc2)c1. The third-order valence-corrected chi connectivity index (χ3v) is 3.44. The second-order valence-corrected chi connectivity index (χ2v) is 5.21. The Morgan fingerprint density at radius 2 is 2.09 bits per heavy atom. The third kappa shape index (κ3) is 5.71. The number of rotatable bonds is 8. The zero-order chi connectivity index (χ0) is 16.5. The van der Waals surface area contributed by atoms with Crippen molar-refractivity contribution in [1.82, 2.24) is 10.3 Å². The monoisotopic (exact) mass is 314 g/mol. The van der Waals surface area contributed by atoms with Gasteiger partial charge in [0.25, 0.3) is 0 Å². The fraction of sp³-hybridized carbons (Fsp3) is 0.333. The molecule has 1 aromatic heterocycles.